The molecule has 2 bridgehead atoms. The minimum atomic E-state index is 0.449. The highest BCUT2D eigenvalue weighted by atomic mass is 15.0. The second kappa shape index (κ2) is 4.89. The number of hydrogen-bond acceptors (Lipinski definition) is 1. The zero-order chi connectivity index (χ0) is 13.5. The summed E-state index contributed by atoms with van der Waals surface area (Å²) < 4.78 is 0. The maximum Gasteiger partial charge on any atom is 0.0300 e. The Balaban J connectivity index is 1.59. The second-order valence-corrected chi connectivity index (χ2v) is 6.74. The van der Waals surface area contributed by atoms with Gasteiger partial charge in [0.15, 0.2) is 0 Å². The smallest absolute Gasteiger partial charge is 0.0300 e. The minimum Gasteiger partial charge on any atom is -0.307 e. The molecule has 0 spiro atoms. The third-order valence-electron chi connectivity index (χ3n) is 5.49. The first kappa shape index (κ1) is 12.4. The van der Waals surface area contributed by atoms with E-state index in [1.807, 2.05) is 0 Å². The van der Waals surface area contributed by atoms with E-state index in [4.69, 9.17) is 0 Å². The molecule has 0 saturated heterocycles. The van der Waals surface area contributed by atoms with Crippen LogP contribution >= 0.6 is 0 Å². The Bertz CT molecular complexity index is 613. The standard InChI is InChI=1S/C19H23N/c1-13(20-19-12-14-9-10-16(19)11-14)17-8-4-6-15-5-2-3-7-18(15)17/h2-8,13-14,16,19-20H,9-12H2,1H3. The summed E-state index contributed by atoms with van der Waals surface area (Å²) in [6.07, 6.45) is 5.80. The fourth-order valence-electron chi connectivity index (χ4n) is 4.49. The van der Waals surface area contributed by atoms with Gasteiger partial charge in [0.1, 0.15) is 0 Å². The van der Waals surface area contributed by atoms with Crippen molar-refractivity contribution in [2.45, 2.75) is 44.7 Å². The average Bonchev–Trinajstić information content (AvgIpc) is 3.09. The molecule has 104 valence electrons. The normalized spacial score (nSPS) is 29.9. The van der Waals surface area contributed by atoms with Crippen LogP contribution in [-0.2, 0) is 0 Å². The van der Waals surface area contributed by atoms with Gasteiger partial charge in [0.25, 0.3) is 0 Å². The molecule has 2 aliphatic carbocycles. The lowest BCUT2D eigenvalue weighted by Gasteiger charge is -2.27. The number of benzene rings is 2. The summed E-state index contributed by atoms with van der Waals surface area (Å²) in [5.41, 5.74) is 1.45. The molecule has 1 nitrogen and oxygen atoms in total. The SMILES string of the molecule is CC(NC1CC2CCC1C2)c1cccc2ccccc12. The molecule has 20 heavy (non-hydrogen) atoms. The van der Waals surface area contributed by atoms with Crippen LogP contribution in [0.4, 0.5) is 0 Å². The van der Waals surface area contributed by atoms with E-state index in [1.165, 1.54) is 42.0 Å². The molecule has 0 heterocycles. The molecule has 4 rings (SSSR count). The fourth-order valence-corrected chi connectivity index (χ4v) is 4.49. The van der Waals surface area contributed by atoms with E-state index in [2.05, 4.69) is 54.7 Å². The Morgan fingerprint density at radius 3 is 2.65 bits per heavy atom. The van der Waals surface area contributed by atoms with Crippen molar-refractivity contribution in [1.82, 2.24) is 5.32 Å². The first-order chi connectivity index (χ1) is 9.81. The number of hydrogen-bond donors (Lipinski definition) is 1. The number of rotatable bonds is 3. The van der Waals surface area contributed by atoms with Crippen molar-refractivity contribution in [3.05, 3.63) is 48.0 Å². The Morgan fingerprint density at radius 1 is 1.00 bits per heavy atom. The predicted molar refractivity (Wildman–Crippen MR) is 84.7 cm³/mol. The first-order valence-electron chi connectivity index (χ1n) is 8.05. The molecule has 4 unspecified atom stereocenters. The fraction of sp³-hybridized carbons (Fsp3) is 0.474. The summed E-state index contributed by atoms with van der Waals surface area (Å²) in [5, 5.41) is 6.67. The van der Waals surface area contributed by atoms with Crippen molar-refractivity contribution in [2.24, 2.45) is 11.8 Å². The van der Waals surface area contributed by atoms with E-state index >= 15 is 0 Å². The lowest BCUT2D eigenvalue weighted by molar-refractivity contribution is 0.327. The minimum absolute atomic E-state index is 0.449. The van der Waals surface area contributed by atoms with Gasteiger partial charge in [-0.15, -0.1) is 0 Å². The van der Waals surface area contributed by atoms with Crippen molar-refractivity contribution in [2.75, 3.05) is 0 Å². The highest BCUT2D eigenvalue weighted by Gasteiger charge is 2.39. The van der Waals surface area contributed by atoms with Gasteiger partial charge in [-0.2, -0.15) is 0 Å². The van der Waals surface area contributed by atoms with Crippen molar-refractivity contribution in [1.29, 1.82) is 0 Å². The van der Waals surface area contributed by atoms with Crippen molar-refractivity contribution in [3.8, 4) is 0 Å². The largest absolute Gasteiger partial charge is 0.307 e. The van der Waals surface area contributed by atoms with Gasteiger partial charge in [0, 0.05) is 12.1 Å². The lowest BCUT2D eigenvalue weighted by Crippen LogP contribution is -2.35. The summed E-state index contributed by atoms with van der Waals surface area (Å²) in [5.74, 6) is 1.95. The quantitative estimate of drug-likeness (QED) is 0.849. The molecular weight excluding hydrogens is 242 g/mol. The Morgan fingerprint density at radius 2 is 1.85 bits per heavy atom. The van der Waals surface area contributed by atoms with Crippen LogP contribution < -0.4 is 5.32 Å². The van der Waals surface area contributed by atoms with Crippen LogP contribution in [0.5, 0.6) is 0 Å². The van der Waals surface area contributed by atoms with E-state index in [1.54, 1.807) is 0 Å². The van der Waals surface area contributed by atoms with E-state index < -0.39 is 0 Å². The van der Waals surface area contributed by atoms with Gasteiger partial charge in [-0.25, -0.2) is 0 Å². The summed E-state index contributed by atoms with van der Waals surface area (Å²) >= 11 is 0. The molecule has 2 aliphatic rings. The third-order valence-corrected chi connectivity index (χ3v) is 5.49. The topological polar surface area (TPSA) is 12.0 Å². The number of fused-ring (bicyclic) bond motifs is 3. The zero-order valence-electron chi connectivity index (χ0n) is 12.2. The van der Waals surface area contributed by atoms with E-state index in [-0.39, 0.29) is 0 Å². The van der Waals surface area contributed by atoms with Crippen LogP contribution in [0.1, 0.15) is 44.2 Å². The van der Waals surface area contributed by atoms with Crippen molar-refractivity contribution >= 4 is 10.8 Å². The molecule has 2 saturated carbocycles. The van der Waals surface area contributed by atoms with Crippen LogP contribution in [0.2, 0.25) is 0 Å². The van der Waals surface area contributed by atoms with E-state index in [9.17, 15) is 0 Å². The van der Waals surface area contributed by atoms with E-state index in [0.29, 0.717) is 6.04 Å². The van der Waals surface area contributed by atoms with Crippen molar-refractivity contribution < 1.29 is 0 Å². The molecule has 0 aromatic heterocycles. The Labute approximate surface area is 121 Å². The van der Waals surface area contributed by atoms with E-state index in [0.717, 1.165) is 17.9 Å². The van der Waals surface area contributed by atoms with Gasteiger partial charge >= 0.3 is 0 Å². The van der Waals surface area contributed by atoms with Crippen molar-refractivity contribution in [3.63, 3.8) is 0 Å². The highest BCUT2D eigenvalue weighted by molar-refractivity contribution is 5.86. The molecule has 0 amide bonds. The maximum atomic E-state index is 3.92. The summed E-state index contributed by atoms with van der Waals surface area (Å²) in [6, 6.07) is 16.6. The van der Waals surface area contributed by atoms with Gasteiger partial charge in [-0.1, -0.05) is 48.9 Å². The Kier molecular flexibility index (Phi) is 3.03. The molecule has 0 aliphatic heterocycles. The summed E-state index contributed by atoms with van der Waals surface area (Å²) in [6.45, 7) is 2.33. The average molecular weight is 265 g/mol. The predicted octanol–water partition coefficient (Wildman–Crippen LogP) is 4.68. The van der Waals surface area contributed by atoms with Crippen LogP contribution in [0.15, 0.2) is 42.5 Å². The maximum absolute atomic E-state index is 3.92. The monoisotopic (exact) mass is 265 g/mol. The lowest BCUT2D eigenvalue weighted by atomic mass is 9.93. The first-order valence-corrected chi connectivity index (χ1v) is 8.05. The van der Waals surface area contributed by atoms with Gasteiger partial charge in [0.2, 0.25) is 0 Å². The molecule has 0 radical (unpaired) electrons. The third kappa shape index (κ3) is 2.05. The molecule has 1 N–H and O–H groups in total. The van der Waals surface area contributed by atoms with Gasteiger partial charge in [-0.3, -0.25) is 0 Å². The highest BCUT2D eigenvalue weighted by Crippen LogP contribution is 2.45. The van der Waals surface area contributed by atoms with Crippen LogP contribution in [0.3, 0.4) is 0 Å². The van der Waals surface area contributed by atoms with Gasteiger partial charge in [-0.05, 0) is 54.4 Å². The second-order valence-electron chi connectivity index (χ2n) is 6.74. The van der Waals surface area contributed by atoms with Crippen LogP contribution in [-0.4, -0.2) is 6.04 Å². The summed E-state index contributed by atoms with van der Waals surface area (Å²) in [4.78, 5) is 0. The Hall–Kier alpha value is -1.34. The molecule has 1 heteroatoms. The van der Waals surface area contributed by atoms with Crippen LogP contribution in [0, 0.1) is 11.8 Å². The molecule has 2 aromatic carbocycles. The molecule has 2 aromatic rings. The van der Waals surface area contributed by atoms with Gasteiger partial charge < -0.3 is 5.32 Å². The van der Waals surface area contributed by atoms with Gasteiger partial charge in [0.05, 0.1) is 0 Å². The zero-order valence-corrected chi connectivity index (χ0v) is 12.2. The number of nitrogens with one attached hydrogen (secondary N) is 1. The summed E-state index contributed by atoms with van der Waals surface area (Å²) in [7, 11) is 0. The molecule has 4 atom stereocenters. The molecular formula is C19H23N. The van der Waals surface area contributed by atoms with Crippen LogP contribution in [0.25, 0.3) is 10.8 Å². The molecule has 2 fully saturated rings.